The first-order valence-electron chi connectivity index (χ1n) is 10.2. The molecule has 3 N–H and O–H groups in total. The minimum atomic E-state index is -4.48. The van der Waals surface area contributed by atoms with E-state index in [9.17, 15) is 27.9 Å². The minimum Gasteiger partial charge on any atom is -0.507 e. The van der Waals surface area contributed by atoms with E-state index >= 15 is 0 Å². The van der Waals surface area contributed by atoms with E-state index in [2.05, 4.69) is 0 Å². The molecular formula is C23H26F3NO7. The number of carbonyl (C=O) groups is 2. The summed E-state index contributed by atoms with van der Waals surface area (Å²) in [4.78, 5) is 23.2. The molecule has 11 heteroatoms. The summed E-state index contributed by atoms with van der Waals surface area (Å²) in [5.41, 5.74) is 5.86. The quantitative estimate of drug-likeness (QED) is 0.278. The lowest BCUT2D eigenvalue weighted by molar-refractivity contribution is -0.149. The third-order valence-electron chi connectivity index (χ3n) is 4.65. The second-order valence-electron chi connectivity index (χ2n) is 7.37. The van der Waals surface area contributed by atoms with Gasteiger partial charge in [-0.15, -0.1) is 0 Å². The molecule has 1 unspecified atom stereocenters. The molecule has 0 saturated carbocycles. The first-order chi connectivity index (χ1) is 15.9. The fourth-order valence-electron chi connectivity index (χ4n) is 3.07. The summed E-state index contributed by atoms with van der Waals surface area (Å²) in [6, 6.07) is 7.23. The van der Waals surface area contributed by atoms with Crippen LogP contribution >= 0.6 is 0 Å². The number of esters is 1. The molecule has 0 amide bonds. The van der Waals surface area contributed by atoms with Crippen molar-refractivity contribution in [1.29, 1.82) is 0 Å². The number of nitrogens with two attached hydrogens (primary N) is 1. The molecule has 0 aliphatic carbocycles. The molecule has 0 spiro atoms. The van der Waals surface area contributed by atoms with Crippen LogP contribution in [-0.2, 0) is 16.0 Å². The molecule has 2 aromatic rings. The van der Waals surface area contributed by atoms with Crippen molar-refractivity contribution in [3.63, 3.8) is 0 Å². The predicted molar refractivity (Wildman–Crippen MR) is 116 cm³/mol. The second-order valence-corrected chi connectivity index (χ2v) is 7.37. The SMILES string of the molecule is COc1cc(N)ccc1OCC(COc1ccc(C(C)=O)c(O)c1CCC(F)(F)F)OC(C)=O. The van der Waals surface area contributed by atoms with Gasteiger partial charge in [0, 0.05) is 30.7 Å². The van der Waals surface area contributed by atoms with E-state index < -0.39 is 42.6 Å². The van der Waals surface area contributed by atoms with Crippen molar-refractivity contribution in [3.8, 4) is 23.0 Å². The highest BCUT2D eigenvalue weighted by molar-refractivity contribution is 5.97. The largest absolute Gasteiger partial charge is 0.507 e. The van der Waals surface area contributed by atoms with Crippen LogP contribution in [0.2, 0.25) is 0 Å². The van der Waals surface area contributed by atoms with Gasteiger partial charge in [0.2, 0.25) is 0 Å². The molecule has 0 saturated heterocycles. The average Bonchev–Trinajstić information content (AvgIpc) is 2.74. The van der Waals surface area contributed by atoms with Gasteiger partial charge >= 0.3 is 12.1 Å². The third-order valence-corrected chi connectivity index (χ3v) is 4.65. The molecule has 2 rings (SSSR count). The molecule has 0 aliphatic heterocycles. The summed E-state index contributed by atoms with van der Waals surface area (Å²) >= 11 is 0. The number of benzene rings is 2. The number of carbonyl (C=O) groups excluding carboxylic acids is 2. The van der Waals surface area contributed by atoms with E-state index in [1.54, 1.807) is 18.2 Å². The van der Waals surface area contributed by atoms with Crippen molar-refractivity contribution < 1.29 is 46.8 Å². The van der Waals surface area contributed by atoms with Gasteiger partial charge in [0.05, 0.1) is 12.7 Å². The summed E-state index contributed by atoms with van der Waals surface area (Å²) in [5, 5.41) is 10.4. The lowest BCUT2D eigenvalue weighted by Crippen LogP contribution is -2.30. The van der Waals surface area contributed by atoms with Crippen LogP contribution in [0.15, 0.2) is 30.3 Å². The van der Waals surface area contributed by atoms with E-state index in [0.29, 0.717) is 17.2 Å². The Labute approximate surface area is 194 Å². The lowest BCUT2D eigenvalue weighted by Gasteiger charge is -2.21. The summed E-state index contributed by atoms with van der Waals surface area (Å²) < 4.78 is 60.0. The number of phenolic OH excluding ortho intramolecular Hbond substituents is 1. The molecule has 186 valence electrons. The maximum atomic E-state index is 12.8. The van der Waals surface area contributed by atoms with Gasteiger partial charge < -0.3 is 29.8 Å². The standard InChI is InChI=1S/C23H26F3NO7/c1-13(28)17-5-7-19(18(22(17)30)8-9-23(24,25)26)32-11-16(34-14(2)29)12-33-20-6-4-15(27)10-21(20)31-3/h4-7,10,16,30H,8-9,11-12,27H2,1-3H3. The zero-order valence-corrected chi connectivity index (χ0v) is 18.9. The average molecular weight is 485 g/mol. The van der Waals surface area contributed by atoms with Crippen molar-refractivity contribution in [2.75, 3.05) is 26.1 Å². The normalized spacial score (nSPS) is 12.1. The Balaban J connectivity index is 2.21. The fourth-order valence-corrected chi connectivity index (χ4v) is 3.07. The fraction of sp³-hybridized carbons (Fsp3) is 0.391. The molecule has 0 heterocycles. The van der Waals surface area contributed by atoms with Crippen molar-refractivity contribution in [2.24, 2.45) is 0 Å². The summed E-state index contributed by atoms with van der Waals surface area (Å²) in [6.45, 7) is 1.89. The minimum absolute atomic E-state index is 0.0750. The van der Waals surface area contributed by atoms with Crippen molar-refractivity contribution >= 4 is 17.4 Å². The second kappa shape index (κ2) is 11.5. The highest BCUT2D eigenvalue weighted by Gasteiger charge is 2.29. The zero-order chi connectivity index (χ0) is 25.5. The van der Waals surface area contributed by atoms with Crippen LogP contribution in [0.5, 0.6) is 23.0 Å². The maximum absolute atomic E-state index is 12.8. The highest BCUT2D eigenvalue weighted by atomic mass is 19.4. The number of nitrogen functional groups attached to an aromatic ring is 1. The molecule has 0 radical (unpaired) electrons. The van der Waals surface area contributed by atoms with Gasteiger partial charge in [-0.3, -0.25) is 9.59 Å². The number of hydrogen-bond donors (Lipinski definition) is 2. The Bertz CT molecular complexity index is 1020. The Morgan fingerprint density at radius 2 is 1.65 bits per heavy atom. The Morgan fingerprint density at radius 1 is 1.03 bits per heavy atom. The number of rotatable bonds is 11. The van der Waals surface area contributed by atoms with Gasteiger partial charge in [-0.1, -0.05) is 0 Å². The molecule has 8 nitrogen and oxygen atoms in total. The molecule has 0 aromatic heterocycles. The molecule has 34 heavy (non-hydrogen) atoms. The molecule has 2 aromatic carbocycles. The molecule has 1 atom stereocenters. The van der Waals surface area contributed by atoms with Crippen LogP contribution in [0.1, 0.15) is 36.2 Å². The van der Waals surface area contributed by atoms with E-state index in [0.717, 1.165) is 0 Å². The molecule has 0 aliphatic rings. The van der Waals surface area contributed by atoms with Gasteiger partial charge in [0.25, 0.3) is 0 Å². The van der Waals surface area contributed by atoms with Gasteiger partial charge in [-0.05, 0) is 37.6 Å². The van der Waals surface area contributed by atoms with E-state index in [1.807, 2.05) is 0 Å². The van der Waals surface area contributed by atoms with Crippen LogP contribution in [0.4, 0.5) is 18.9 Å². The van der Waals surface area contributed by atoms with Crippen LogP contribution in [-0.4, -0.2) is 49.5 Å². The molecule has 0 bridgehead atoms. The van der Waals surface area contributed by atoms with Crippen LogP contribution in [0.25, 0.3) is 0 Å². The molecule has 0 fully saturated rings. The van der Waals surface area contributed by atoms with Gasteiger partial charge in [-0.25, -0.2) is 0 Å². The topological polar surface area (TPSA) is 117 Å². The highest BCUT2D eigenvalue weighted by Crippen LogP contribution is 2.35. The smallest absolute Gasteiger partial charge is 0.389 e. The summed E-state index contributed by atoms with van der Waals surface area (Å²) in [5.74, 6) is -1.13. The first kappa shape index (κ1) is 26.6. The predicted octanol–water partition coefficient (Wildman–Crippen LogP) is 4.07. The third kappa shape index (κ3) is 7.75. The molecular weight excluding hydrogens is 459 g/mol. The Hall–Kier alpha value is -3.63. The number of phenols is 1. The Kier molecular flexibility index (Phi) is 8.99. The number of methoxy groups -OCH3 is 1. The first-order valence-corrected chi connectivity index (χ1v) is 10.2. The van der Waals surface area contributed by atoms with Crippen molar-refractivity contribution in [3.05, 3.63) is 41.5 Å². The number of alkyl halides is 3. The number of anilines is 1. The van der Waals surface area contributed by atoms with E-state index in [-0.39, 0.29) is 30.1 Å². The number of halogens is 3. The van der Waals surface area contributed by atoms with Crippen LogP contribution in [0.3, 0.4) is 0 Å². The number of aromatic hydroxyl groups is 1. The van der Waals surface area contributed by atoms with Crippen molar-refractivity contribution in [1.82, 2.24) is 0 Å². The van der Waals surface area contributed by atoms with Gasteiger partial charge in [0.15, 0.2) is 23.4 Å². The van der Waals surface area contributed by atoms with Crippen LogP contribution < -0.4 is 19.9 Å². The van der Waals surface area contributed by atoms with Crippen LogP contribution in [0, 0.1) is 0 Å². The van der Waals surface area contributed by atoms with E-state index in [4.69, 9.17) is 24.7 Å². The van der Waals surface area contributed by atoms with Gasteiger partial charge in [0.1, 0.15) is 24.7 Å². The van der Waals surface area contributed by atoms with Crippen molar-refractivity contribution in [2.45, 2.75) is 39.0 Å². The monoisotopic (exact) mass is 485 g/mol. The summed E-state index contributed by atoms with van der Waals surface area (Å²) in [7, 11) is 1.42. The van der Waals surface area contributed by atoms with Gasteiger partial charge in [-0.2, -0.15) is 13.2 Å². The summed E-state index contributed by atoms with van der Waals surface area (Å²) in [6.07, 6.45) is -7.28. The number of ether oxygens (including phenoxy) is 4. The number of hydrogen-bond acceptors (Lipinski definition) is 8. The maximum Gasteiger partial charge on any atom is 0.389 e. The van der Waals surface area contributed by atoms with E-state index in [1.165, 1.54) is 33.1 Å². The lowest BCUT2D eigenvalue weighted by atomic mass is 10.0. The number of Topliss-reactive ketones (excluding diaryl/α,β-unsaturated/α-hetero) is 1. The zero-order valence-electron chi connectivity index (χ0n) is 18.9. The number of ketones is 1. The Morgan fingerprint density at radius 3 is 2.21 bits per heavy atom.